The van der Waals surface area contributed by atoms with Gasteiger partial charge in [-0.3, -0.25) is 24.6 Å². The third-order valence-electron chi connectivity index (χ3n) is 7.53. The number of hydrogen-bond donors (Lipinski definition) is 2. The summed E-state index contributed by atoms with van der Waals surface area (Å²) in [4.78, 5) is 43.6. The van der Waals surface area contributed by atoms with Crippen LogP contribution in [0.1, 0.15) is 29.6 Å². The van der Waals surface area contributed by atoms with Crippen LogP contribution < -0.4 is 10.6 Å². The number of rotatable bonds is 8. The molecule has 1 aromatic rings. The summed E-state index contributed by atoms with van der Waals surface area (Å²) in [5, 5.41) is 17.8. The molecule has 0 spiro atoms. The van der Waals surface area contributed by atoms with E-state index in [1.807, 2.05) is 0 Å². The van der Waals surface area contributed by atoms with E-state index in [1.54, 1.807) is 23.0 Å². The van der Waals surface area contributed by atoms with E-state index in [2.05, 4.69) is 31.5 Å². The van der Waals surface area contributed by atoms with Crippen LogP contribution in [0, 0.1) is 16.0 Å². The number of anilines is 1. The number of piperazine rings is 1. The Morgan fingerprint density at radius 3 is 2.64 bits per heavy atom. The van der Waals surface area contributed by atoms with Crippen LogP contribution in [0.25, 0.3) is 0 Å². The first-order valence-corrected chi connectivity index (χ1v) is 14.0. The fourth-order valence-electron chi connectivity index (χ4n) is 5.49. The highest BCUT2D eigenvalue weighted by Gasteiger charge is 2.41. The summed E-state index contributed by atoms with van der Waals surface area (Å²) in [5.74, 6) is -4.42. The number of nitrogens with one attached hydrogen (secondary N) is 2. The van der Waals surface area contributed by atoms with Crippen molar-refractivity contribution in [3.05, 3.63) is 32.3 Å². The number of amides is 2. The maximum atomic E-state index is 13.9. The molecule has 1 aromatic carbocycles. The van der Waals surface area contributed by atoms with Crippen molar-refractivity contribution in [2.45, 2.75) is 31.2 Å². The molecule has 3 fully saturated rings. The summed E-state index contributed by atoms with van der Waals surface area (Å²) >= 11 is 3.31. The zero-order valence-corrected chi connectivity index (χ0v) is 23.6. The van der Waals surface area contributed by atoms with Crippen molar-refractivity contribution in [3.8, 4) is 0 Å². The molecule has 3 aliphatic heterocycles. The number of alkyl halides is 2. The van der Waals surface area contributed by atoms with E-state index in [0.717, 1.165) is 6.54 Å². The molecule has 14 heteroatoms. The van der Waals surface area contributed by atoms with Crippen LogP contribution in [-0.4, -0.2) is 116 Å². The van der Waals surface area contributed by atoms with Crippen LogP contribution in [-0.2, 0) is 9.53 Å². The Bertz CT molecular complexity index is 1070. The van der Waals surface area contributed by atoms with Crippen molar-refractivity contribution < 1.29 is 28.0 Å². The Balaban J connectivity index is 1.50. The number of carbonyl (C=O) groups excluding carboxylic acids is 2. The van der Waals surface area contributed by atoms with Crippen LogP contribution in [0.15, 0.2) is 16.6 Å². The number of halogens is 3. The maximum absolute atomic E-state index is 13.9. The van der Waals surface area contributed by atoms with Gasteiger partial charge in [-0.25, -0.2) is 8.78 Å². The number of nitro groups is 1. The fraction of sp³-hybridized carbons (Fsp3) is 0.680. The van der Waals surface area contributed by atoms with E-state index in [4.69, 9.17) is 4.74 Å². The third-order valence-corrected chi connectivity index (χ3v) is 7.99. The summed E-state index contributed by atoms with van der Waals surface area (Å²) in [6.07, 6.45) is 0.724. The summed E-state index contributed by atoms with van der Waals surface area (Å²) in [7, 11) is 1.64. The molecule has 3 heterocycles. The van der Waals surface area contributed by atoms with E-state index in [-0.39, 0.29) is 47.9 Å². The number of methoxy groups -OCH3 is 1. The Labute approximate surface area is 234 Å². The van der Waals surface area contributed by atoms with Gasteiger partial charge in [0.1, 0.15) is 5.69 Å². The molecular formula is C25H35BrF2N6O5. The van der Waals surface area contributed by atoms with Crippen LogP contribution in [0.4, 0.5) is 20.2 Å². The lowest BCUT2D eigenvalue weighted by Gasteiger charge is -2.38. The third kappa shape index (κ3) is 7.41. The Morgan fingerprint density at radius 1 is 1.23 bits per heavy atom. The van der Waals surface area contributed by atoms with Gasteiger partial charge < -0.3 is 25.2 Å². The SMILES string of the molecule is COCCN1CCN(C(=O)c2cc(Br)cc([N+](=O)[O-])c2N[C@@H]2CCCN(C(=O)[C@H]3CNCC(F)(F)C3)C2)CC1. The number of likely N-dealkylation sites (tertiary alicyclic amines) is 1. The molecule has 0 unspecified atom stereocenters. The molecule has 2 atom stereocenters. The number of nitro benzene ring substituents is 1. The van der Waals surface area contributed by atoms with Crippen molar-refractivity contribution in [1.82, 2.24) is 20.0 Å². The first-order chi connectivity index (χ1) is 18.6. The Hall–Kier alpha value is -2.42. The largest absolute Gasteiger partial charge is 0.383 e. The van der Waals surface area contributed by atoms with E-state index in [9.17, 15) is 28.5 Å². The van der Waals surface area contributed by atoms with E-state index in [1.165, 1.54) is 6.07 Å². The van der Waals surface area contributed by atoms with E-state index >= 15 is 0 Å². The van der Waals surface area contributed by atoms with Crippen LogP contribution in [0.3, 0.4) is 0 Å². The number of piperidine rings is 2. The van der Waals surface area contributed by atoms with Crippen LogP contribution in [0.5, 0.6) is 0 Å². The lowest BCUT2D eigenvalue weighted by molar-refractivity contribution is -0.384. The molecule has 2 N–H and O–H groups in total. The quantitative estimate of drug-likeness (QED) is 0.337. The summed E-state index contributed by atoms with van der Waals surface area (Å²) in [6.45, 7) is 4.06. The second kappa shape index (κ2) is 12.8. The van der Waals surface area contributed by atoms with E-state index < -0.39 is 29.7 Å². The minimum absolute atomic E-state index is 0.111. The summed E-state index contributed by atoms with van der Waals surface area (Å²) in [5.41, 5.74) is 0.0483. The number of ether oxygens (including phenoxy) is 1. The molecule has 4 rings (SSSR count). The molecule has 2 amide bonds. The van der Waals surface area contributed by atoms with Gasteiger partial charge in [0.2, 0.25) is 5.91 Å². The topological polar surface area (TPSA) is 120 Å². The van der Waals surface area contributed by atoms with Crippen molar-refractivity contribution in [3.63, 3.8) is 0 Å². The summed E-state index contributed by atoms with van der Waals surface area (Å²) < 4.78 is 33.3. The van der Waals surface area contributed by atoms with Crippen molar-refractivity contribution in [1.29, 1.82) is 0 Å². The van der Waals surface area contributed by atoms with Crippen LogP contribution in [0.2, 0.25) is 0 Å². The van der Waals surface area contributed by atoms with Gasteiger partial charge in [-0.1, -0.05) is 15.9 Å². The zero-order chi connectivity index (χ0) is 28.2. The van der Waals surface area contributed by atoms with E-state index in [0.29, 0.717) is 56.6 Å². The van der Waals surface area contributed by atoms with Gasteiger partial charge in [-0.2, -0.15) is 0 Å². The monoisotopic (exact) mass is 616 g/mol. The zero-order valence-electron chi connectivity index (χ0n) is 22.0. The maximum Gasteiger partial charge on any atom is 0.294 e. The molecule has 39 heavy (non-hydrogen) atoms. The Kier molecular flexibility index (Phi) is 9.73. The van der Waals surface area contributed by atoms with Gasteiger partial charge in [0.05, 0.1) is 29.6 Å². The molecule has 0 radical (unpaired) electrons. The number of hydrogen-bond acceptors (Lipinski definition) is 8. The van der Waals surface area contributed by atoms with Gasteiger partial charge in [-0.15, -0.1) is 0 Å². The molecule has 0 aliphatic carbocycles. The second-order valence-corrected chi connectivity index (χ2v) is 11.3. The van der Waals surface area contributed by atoms with Crippen LogP contribution >= 0.6 is 15.9 Å². The average molecular weight is 617 g/mol. The average Bonchev–Trinajstić information content (AvgIpc) is 2.91. The van der Waals surface area contributed by atoms with Gasteiger partial charge >= 0.3 is 0 Å². The minimum Gasteiger partial charge on any atom is -0.383 e. The van der Waals surface area contributed by atoms with Crippen molar-refractivity contribution in [2.24, 2.45) is 5.92 Å². The minimum atomic E-state index is -2.94. The predicted molar refractivity (Wildman–Crippen MR) is 144 cm³/mol. The van der Waals surface area contributed by atoms with Gasteiger partial charge in [-0.05, 0) is 18.9 Å². The number of carbonyl (C=O) groups is 2. The lowest BCUT2D eigenvalue weighted by Crippen LogP contribution is -2.53. The normalized spacial score (nSPS) is 23.9. The number of nitrogens with zero attached hydrogens (tertiary/aromatic N) is 4. The molecule has 3 aliphatic rings. The highest BCUT2D eigenvalue weighted by molar-refractivity contribution is 9.10. The summed E-state index contributed by atoms with van der Waals surface area (Å²) in [6, 6.07) is 2.55. The molecule has 0 aromatic heterocycles. The first kappa shape index (κ1) is 29.6. The van der Waals surface area contributed by atoms with Gasteiger partial charge in [0, 0.05) is 82.5 Å². The van der Waals surface area contributed by atoms with Gasteiger partial charge in [0.25, 0.3) is 17.5 Å². The smallest absolute Gasteiger partial charge is 0.294 e. The van der Waals surface area contributed by atoms with Gasteiger partial charge in [0.15, 0.2) is 0 Å². The lowest BCUT2D eigenvalue weighted by atomic mass is 9.94. The first-order valence-electron chi connectivity index (χ1n) is 13.2. The fourth-order valence-corrected chi connectivity index (χ4v) is 5.93. The molecule has 0 bridgehead atoms. The second-order valence-electron chi connectivity index (χ2n) is 10.4. The molecule has 216 valence electrons. The molecule has 0 saturated carbocycles. The standard InChI is InChI=1S/C25H35BrF2N6O5/c1-39-10-9-31-5-7-32(8-6-31)24(36)20-11-18(26)12-21(34(37)38)22(20)30-19-3-2-4-33(15-19)23(35)17-13-25(27,28)16-29-14-17/h11-12,17,19,29-30H,2-10,13-16H2,1H3/t17-,19-/m1/s1. The van der Waals surface area contributed by atoms with Crippen molar-refractivity contribution >= 4 is 39.1 Å². The van der Waals surface area contributed by atoms with Crippen molar-refractivity contribution in [2.75, 3.05) is 77.9 Å². The molecular weight excluding hydrogens is 582 g/mol. The Morgan fingerprint density at radius 2 is 1.97 bits per heavy atom. The highest BCUT2D eigenvalue weighted by atomic mass is 79.9. The predicted octanol–water partition coefficient (Wildman–Crippen LogP) is 2.41. The number of benzene rings is 1. The highest BCUT2D eigenvalue weighted by Crippen LogP contribution is 2.35. The molecule has 11 nitrogen and oxygen atoms in total. The molecule has 3 saturated heterocycles.